The maximum Gasteiger partial charge on any atom is 0.109 e. The van der Waals surface area contributed by atoms with E-state index in [9.17, 15) is 0 Å². The number of rotatable bonds is 3. The van der Waals surface area contributed by atoms with E-state index >= 15 is 0 Å². The van der Waals surface area contributed by atoms with E-state index in [1.807, 2.05) is 6.20 Å². The van der Waals surface area contributed by atoms with Gasteiger partial charge in [0.2, 0.25) is 0 Å². The van der Waals surface area contributed by atoms with Crippen molar-refractivity contribution in [2.24, 2.45) is 0 Å². The Morgan fingerprint density at radius 3 is 3.14 bits per heavy atom. The normalized spacial score (nSPS) is 24.0. The molecular formula is C10H16N2OS. The number of hydrogen-bond donors (Lipinski definition) is 1. The van der Waals surface area contributed by atoms with E-state index in [1.54, 1.807) is 11.3 Å². The summed E-state index contributed by atoms with van der Waals surface area (Å²) in [5.74, 6) is 0. The van der Waals surface area contributed by atoms with Crippen LogP contribution in [0.2, 0.25) is 0 Å². The Morgan fingerprint density at radius 1 is 1.71 bits per heavy atom. The first-order valence-electron chi connectivity index (χ1n) is 5.02. The zero-order valence-corrected chi connectivity index (χ0v) is 9.43. The topological polar surface area (TPSA) is 34.2 Å². The fraction of sp³-hybridized carbons (Fsp3) is 0.700. The van der Waals surface area contributed by atoms with Crippen molar-refractivity contribution in [3.8, 4) is 0 Å². The van der Waals surface area contributed by atoms with Crippen molar-refractivity contribution < 1.29 is 4.74 Å². The molecule has 1 fully saturated rings. The number of nitrogens with zero attached hydrogens (tertiary/aromatic N) is 1. The summed E-state index contributed by atoms with van der Waals surface area (Å²) in [5, 5.41) is 4.71. The molecule has 0 radical (unpaired) electrons. The van der Waals surface area contributed by atoms with Gasteiger partial charge in [-0.05, 0) is 20.3 Å². The second kappa shape index (κ2) is 4.38. The minimum Gasteiger partial charge on any atom is -0.380 e. The SMILES string of the molecule is Cc1cnc(C(C)NC2CCOC2)s1. The average Bonchev–Trinajstić information content (AvgIpc) is 2.75. The first kappa shape index (κ1) is 10.1. The van der Waals surface area contributed by atoms with E-state index in [4.69, 9.17) is 4.74 Å². The van der Waals surface area contributed by atoms with Gasteiger partial charge in [0.25, 0.3) is 0 Å². The summed E-state index contributed by atoms with van der Waals surface area (Å²) in [5.41, 5.74) is 0. The third-order valence-electron chi connectivity index (χ3n) is 2.42. The number of nitrogens with one attached hydrogen (secondary N) is 1. The fourth-order valence-electron chi connectivity index (χ4n) is 1.66. The van der Waals surface area contributed by atoms with Crippen LogP contribution in [0.3, 0.4) is 0 Å². The quantitative estimate of drug-likeness (QED) is 0.831. The highest BCUT2D eigenvalue weighted by Gasteiger charge is 2.19. The molecule has 4 heteroatoms. The number of aromatic nitrogens is 1. The van der Waals surface area contributed by atoms with Gasteiger partial charge in [0, 0.05) is 23.7 Å². The summed E-state index contributed by atoms with van der Waals surface area (Å²) in [6.45, 7) is 5.99. The molecule has 1 aromatic rings. The molecular weight excluding hydrogens is 196 g/mol. The van der Waals surface area contributed by atoms with Crippen molar-refractivity contribution in [3.63, 3.8) is 0 Å². The van der Waals surface area contributed by atoms with Crippen LogP contribution < -0.4 is 5.32 Å². The molecule has 2 rings (SSSR count). The largest absolute Gasteiger partial charge is 0.380 e. The van der Waals surface area contributed by atoms with Crippen molar-refractivity contribution >= 4 is 11.3 Å². The smallest absolute Gasteiger partial charge is 0.109 e. The molecule has 2 heterocycles. The Kier molecular flexibility index (Phi) is 3.15. The zero-order chi connectivity index (χ0) is 9.97. The van der Waals surface area contributed by atoms with Crippen molar-refractivity contribution in [3.05, 3.63) is 16.1 Å². The molecule has 0 aliphatic carbocycles. The van der Waals surface area contributed by atoms with Crippen LogP contribution in [-0.2, 0) is 4.74 Å². The average molecular weight is 212 g/mol. The molecule has 1 N–H and O–H groups in total. The molecule has 2 atom stereocenters. The maximum atomic E-state index is 5.32. The van der Waals surface area contributed by atoms with E-state index in [0.29, 0.717) is 12.1 Å². The molecule has 1 saturated heterocycles. The van der Waals surface area contributed by atoms with Crippen LogP contribution in [-0.4, -0.2) is 24.2 Å². The molecule has 1 aliphatic rings. The molecule has 2 unspecified atom stereocenters. The van der Waals surface area contributed by atoms with Crippen LogP contribution in [0, 0.1) is 6.92 Å². The second-order valence-corrected chi connectivity index (χ2v) is 5.02. The Bertz CT molecular complexity index is 294. The highest BCUT2D eigenvalue weighted by atomic mass is 32.1. The van der Waals surface area contributed by atoms with E-state index in [2.05, 4.69) is 24.1 Å². The van der Waals surface area contributed by atoms with E-state index in [-0.39, 0.29) is 0 Å². The van der Waals surface area contributed by atoms with Crippen LogP contribution in [0.25, 0.3) is 0 Å². The lowest BCUT2D eigenvalue weighted by atomic mass is 10.2. The van der Waals surface area contributed by atoms with Gasteiger partial charge in [-0.1, -0.05) is 0 Å². The third kappa shape index (κ3) is 2.32. The standard InChI is InChI=1S/C10H16N2OS/c1-7-5-11-10(14-7)8(2)12-9-3-4-13-6-9/h5,8-9,12H,3-4,6H2,1-2H3. The monoisotopic (exact) mass is 212 g/mol. The predicted molar refractivity (Wildman–Crippen MR) is 57.6 cm³/mol. The number of ether oxygens (including phenoxy) is 1. The molecule has 3 nitrogen and oxygen atoms in total. The maximum absolute atomic E-state index is 5.32. The molecule has 1 aromatic heterocycles. The highest BCUT2D eigenvalue weighted by Crippen LogP contribution is 2.20. The summed E-state index contributed by atoms with van der Waals surface area (Å²) < 4.78 is 5.32. The molecule has 0 aromatic carbocycles. The molecule has 14 heavy (non-hydrogen) atoms. The van der Waals surface area contributed by atoms with Gasteiger partial charge in [-0.25, -0.2) is 4.98 Å². The summed E-state index contributed by atoms with van der Waals surface area (Å²) in [4.78, 5) is 5.65. The van der Waals surface area contributed by atoms with Gasteiger partial charge in [0.1, 0.15) is 5.01 Å². The van der Waals surface area contributed by atoms with Gasteiger partial charge in [-0.15, -0.1) is 11.3 Å². The zero-order valence-electron chi connectivity index (χ0n) is 8.62. The van der Waals surface area contributed by atoms with Crippen molar-refractivity contribution in [2.45, 2.75) is 32.4 Å². The molecule has 0 spiro atoms. The van der Waals surface area contributed by atoms with Gasteiger partial charge >= 0.3 is 0 Å². The van der Waals surface area contributed by atoms with Crippen molar-refractivity contribution in [1.29, 1.82) is 0 Å². The van der Waals surface area contributed by atoms with Crippen molar-refractivity contribution in [1.82, 2.24) is 10.3 Å². The van der Waals surface area contributed by atoms with Gasteiger partial charge in [0.05, 0.1) is 12.6 Å². The Balaban J connectivity index is 1.91. The molecule has 78 valence electrons. The van der Waals surface area contributed by atoms with Crippen LogP contribution in [0.5, 0.6) is 0 Å². The van der Waals surface area contributed by atoms with Crippen LogP contribution in [0.4, 0.5) is 0 Å². The van der Waals surface area contributed by atoms with E-state index in [0.717, 1.165) is 19.6 Å². The minimum atomic E-state index is 0.348. The first-order valence-corrected chi connectivity index (χ1v) is 5.83. The van der Waals surface area contributed by atoms with E-state index < -0.39 is 0 Å². The third-order valence-corrected chi connectivity index (χ3v) is 3.52. The summed E-state index contributed by atoms with van der Waals surface area (Å²) in [6, 6.07) is 0.856. The summed E-state index contributed by atoms with van der Waals surface area (Å²) >= 11 is 1.76. The van der Waals surface area contributed by atoms with Crippen LogP contribution in [0.1, 0.15) is 29.3 Å². The van der Waals surface area contributed by atoms with Crippen molar-refractivity contribution in [2.75, 3.05) is 13.2 Å². The lowest BCUT2D eigenvalue weighted by molar-refractivity contribution is 0.188. The summed E-state index contributed by atoms with van der Waals surface area (Å²) in [7, 11) is 0. The Morgan fingerprint density at radius 2 is 2.57 bits per heavy atom. The molecule has 1 aliphatic heterocycles. The lowest BCUT2D eigenvalue weighted by Gasteiger charge is -2.15. The van der Waals surface area contributed by atoms with Crippen LogP contribution in [0.15, 0.2) is 6.20 Å². The number of hydrogen-bond acceptors (Lipinski definition) is 4. The Hall–Kier alpha value is -0.450. The van der Waals surface area contributed by atoms with Crippen LogP contribution >= 0.6 is 11.3 Å². The minimum absolute atomic E-state index is 0.348. The molecule has 0 saturated carbocycles. The Labute approximate surface area is 88.5 Å². The highest BCUT2D eigenvalue weighted by molar-refractivity contribution is 7.11. The van der Waals surface area contributed by atoms with Gasteiger partial charge in [-0.2, -0.15) is 0 Å². The van der Waals surface area contributed by atoms with Gasteiger partial charge in [0.15, 0.2) is 0 Å². The second-order valence-electron chi connectivity index (χ2n) is 3.76. The lowest BCUT2D eigenvalue weighted by Crippen LogP contribution is -2.31. The van der Waals surface area contributed by atoms with E-state index in [1.165, 1.54) is 9.88 Å². The first-order chi connectivity index (χ1) is 6.75. The molecule has 0 amide bonds. The predicted octanol–water partition coefficient (Wildman–Crippen LogP) is 1.89. The number of aryl methyl sites for hydroxylation is 1. The van der Waals surface area contributed by atoms with Gasteiger partial charge in [-0.3, -0.25) is 0 Å². The fourth-order valence-corrected chi connectivity index (χ4v) is 2.45. The molecule has 0 bridgehead atoms. The summed E-state index contributed by atoms with van der Waals surface area (Å²) in [6.07, 6.45) is 3.05. The van der Waals surface area contributed by atoms with Gasteiger partial charge < -0.3 is 10.1 Å². The number of thiazole rings is 1.